The maximum absolute atomic E-state index is 9.65. The summed E-state index contributed by atoms with van der Waals surface area (Å²) < 4.78 is 11.3. The van der Waals surface area contributed by atoms with E-state index in [-0.39, 0.29) is 18.2 Å². The predicted octanol–water partition coefficient (Wildman–Crippen LogP) is 2.66. The Morgan fingerprint density at radius 3 is 2.67 bits per heavy atom. The highest BCUT2D eigenvalue weighted by Crippen LogP contribution is 2.35. The van der Waals surface area contributed by atoms with Crippen molar-refractivity contribution in [2.75, 3.05) is 13.7 Å². The smallest absolute Gasteiger partial charge is 0.123 e. The molecule has 0 aromatic heterocycles. The van der Waals surface area contributed by atoms with Crippen LogP contribution in [0.15, 0.2) is 12.1 Å². The van der Waals surface area contributed by atoms with Crippen LogP contribution >= 0.6 is 0 Å². The molecular weight excluding hydrogens is 266 g/mol. The van der Waals surface area contributed by atoms with E-state index in [2.05, 4.69) is 38.2 Å². The number of fused-ring (bicyclic) bond motifs is 1. The number of aliphatic hydroxyl groups excluding tert-OH is 1. The molecule has 0 saturated carbocycles. The predicted molar refractivity (Wildman–Crippen MR) is 84.0 cm³/mol. The third kappa shape index (κ3) is 3.33. The van der Waals surface area contributed by atoms with Gasteiger partial charge in [0, 0.05) is 29.6 Å². The van der Waals surface area contributed by atoms with Crippen molar-refractivity contribution in [2.24, 2.45) is 0 Å². The first-order chi connectivity index (χ1) is 10.1. The molecule has 1 unspecified atom stereocenters. The van der Waals surface area contributed by atoms with Crippen LogP contribution in [0, 0.1) is 0 Å². The van der Waals surface area contributed by atoms with E-state index in [0.29, 0.717) is 6.54 Å². The van der Waals surface area contributed by atoms with E-state index in [9.17, 15) is 5.11 Å². The molecule has 0 amide bonds. The van der Waals surface area contributed by atoms with Gasteiger partial charge in [-0.1, -0.05) is 13.8 Å². The zero-order valence-corrected chi connectivity index (χ0v) is 13.5. The third-order valence-electron chi connectivity index (χ3n) is 4.61. The van der Waals surface area contributed by atoms with E-state index in [4.69, 9.17) is 9.47 Å². The fourth-order valence-corrected chi connectivity index (χ4v) is 2.87. The van der Waals surface area contributed by atoms with Crippen molar-refractivity contribution < 1.29 is 14.6 Å². The van der Waals surface area contributed by atoms with Gasteiger partial charge in [0.15, 0.2) is 0 Å². The van der Waals surface area contributed by atoms with Crippen molar-refractivity contribution in [2.45, 2.75) is 58.2 Å². The highest BCUT2D eigenvalue weighted by molar-refractivity contribution is 5.48. The van der Waals surface area contributed by atoms with Gasteiger partial charge in [-0.15, -0.1) is 0 Å². The van der Waals surface area contributed by atoms with E-state index in [1.165, 1.54) is 5.56 Å². The van der Waals surface area contributed by atoms with Crippen LogP contribution in [0.4, 0.5) is 0 Å². The molecule has 1 heterocycles. The number of ether oxygens (including phenoxy) is 2. The van der Waals surface area contributed by atoms with Crippen molar-refractivity contribution in [1.82, 2.24) is 5.32 Å². The van der Waals surface area contributed by atoms with Crippen LogP contribution in [0.25, 0.3) is 0 Å². The number of hydrogen-bond donors (Lipinski definition) is 2. The second-order valence-electron chi connectivity index (χ2n) is 5.90. The van der Waals surface area contributed by atoms with E-state index in [0.717, 1.165) is 36.3 Å². The lowest BCUT2D eigenvalue weighted by atomic mass is 9.93. The monoisotopic (exact) mass is 293 g/mol. The molecule has 0 saturated heterocycles. The number of benzene rings is 1. The molecule has 1 aromatic rings. The van der Waals surface area contributed by atoms with Crippen LogP contribution in [-0.4, -0.2) is 30.5 Å². The minimum Gasteiger partial charge on any atom is -0.496 e. The van der Waals surface area contributed by atoms with Gasteiger partial charge < -0.3 is 19.9 Å². The molecule has 0 spiro atoms. The normalized spacial score (nSPS) is 17.5. The topological polar surface area (TPSA) is 50.7 Å². The molecule has 4 nitrogen and oxygen atoms in total. The lowest BCUT2D eigenvalue weighted by Crippen LogP contribution is -2.47. The van der Waals surface area contributed by atoms with Crippen LogP contribution in [-0.2, 0) is 13.0 Å². The molecule has 1 aromatic carbocycles. The molecule has 118 valence electrons. The maximum Gasteiger partial charge on any atom is 0.123 e. The highest BCUT2D eigenvalue weighted by atomic mass is 16.5. The summed E-state index contributed by atoms with van der Waals surface area (Å²) in [5.74, 6) is 1.85. The number of rotatable bonds is 7. The second-order valence-corrected chi connectivity index (χ2v) is 5.90. The van der Waals surface area contributed by atoms with E-state index in [1.807, 2.05) is 0 Å². The minimum atomic E-state index is -0.224. The molecular formula is C17H27NO3. The number of aliphatic hydroxyl groups is 1. The van der Waals surface area contributed by atoms with Gasteiger partial charge in [0.1, 0.15) is 17.6 Å². The van der Waals surface area contributed by atoms with E-state index < -0.39 is 0 Å². The lowest BCUT2D eigenvalue weighted by Gasteiger charge is -2.31. The molecule has 4 heteroatoms. The van der Waals surface area contributed by atoms with Crippen molar-refractivity contribution in [3.8, 4) is 11.5 Å². The summed E-state index contributed by atoms with van der Waals surface area (Å²) in [6.45, 7) is 7.07. The summed E-state index contributed by atoms with van der Waals surface area (Å²) >= 11 is 0. The average molecular weight is 293 g/mol. The summed E-state index contributed by atoms with van der Waals surface area (Å²) in [5.41, 5.74) is 2.06. The SMILES string of the molecule is CCC(CC)(CO)NCc1cc2c(cc1OC)CC(C)O2. The Kier molecular flexibility index (Phi) is 5.12. The zero-order chi connectivity index (χ0) is 15.5. The molecule has 1 atom stereocenters. The fourth-order valence-electron chi connectivity index (χ4n) is 2.87. The van der Waals surface area contributed by atoms with Gasteiger partial charge >= 0.3 is 0 Å². The fraction of sp³-hybridized carbons (Fsp3) is 0.647. The molecule has 0 fully saturated rings. The van der Waals surface area contributed by atoms with Crippen LogP contribution in [0.5, 0.6) is 11.5 Å². The number of methoxy groups -OCH3 is 1. The van der Waals surface area contributed by atoms with Crippen molar-refractivity contribution >= 4 is 0 Å². The van der Waals surface area contributed by atoms with Gasteiger partial charge in [-0.05, 0) is 31.9 Å². The Bertz CT molecular complexity index is 475. The van der Waals surface area contributed by atoms with Gasteiger partial charge in [0.2, 0.25) is 0 Å². The van der Waals surface area contributed by atoms with Crippen LogP contribution in [0.2, 0.25) is 0 Å². The highest BCUT2D eigenvalue weighted by Gasteiger charge is 2.26. The summed E-state index contributed by atoms with van der Waals surface area (Å²) in [6.07, 6.45) is 2.95. The minimum absolute atomic E-state index is 0.140. The van der Waals surface area contributed by atoms with Crippen LogP contribution in [0.1, 0.15) is 44.7 Å². The Labute approximate surface area is 127 Å². The van der Waals surface area contributed by atoms with Crippen molar-refractivity contribution in [1.29, 1.82) is 0 Å². The first-order valence-corrected chi connectivity index (χ1v) is 7.79. The molecule has 0 aliphatic carbocycles. The van der Waals surface area contributed by atoms with Gasteiger partial charge in [-0.2, -0.15) is 0 Å². The first-order valence-electron chi connectivity index (χ1n) is 7.79. The molecule has 2 rings (SSSR count). The van der Waals surface area contributed by atoms with E-state index in [1.54, 1.807) is 7.11 Å². The molecule has 0 radical (unpaired) electrons. The third-order valence-corrected chi connectivity index (χ3v) is 4.61. The first kappa shape index (κ1) is 16.1. The maximum atomic E-state index is 9.65. The van der Waals surface area contributed by atoms with Crippen molar-refractivity contribution in [3.63, 3.8) is 0 Å². The summed E-state index contributed by atoms with van der Waals surface area (Å²) in [4.78, 5) is 0. The molecule has 1 aliphatic rings. The van der Waals surface area contributed by atoms with Gasteiger partial charge in [0.05, 0.1) is 13.7 Å². The van der Waals surface area contributed by atoms with E-state index >= 15 is 0 Å². The van der Waals surface area contributed by atoms with Gasteiger partial charge in [-0.25, -0.2) is 0 Å². The Morgan fingerprint density at radius 1 is 1.38 bits per heavy atom. The van der Waals surface area contributed by atoms with Crippen LogP contribution < -0.4 is 14.8 Å². The zero-order valence-electron chi connectivity index (χ0n) is 13.5. The summed E-state index contributed by atoms with van der Waals surface area (Å²) in [5, 5.41) is 13.1. The van der Waals surface area contributed by atoms with Crippen molar-refractivity contribution in [3.05, 3.63) is 23.3 Å². The average Bonchev–Trinajstić information content (AvgIpc) is 2.87. The summed E-state index contributed by atoms with van der Waals surface area (Å²) in [7, 11) is 1.70. The molecule has 1 aliphatic heterocycles. The van der Waals surface area contributed by atoms with Gasteiger partial charge in [-0.3, -0.25) is 0 Å². The lowest BCUT2D eigenvalue weighted by molar-refractivity contribution is 0.149. The number of nitrogens with one attached hydrogen (secondary N) is 1. The Balaban J connectivity index is 2.18. The van der Waals surface area contributed by atoms with Crippen LogP contribution in [0.3, 0.4) is 0 Å². The standard InChI is InChI=1S/C17H27NO3/c1-5-17(6-2,11-19)18-10-14-9-16-13(7-12(3)21-16)8-15(14)20-4/h8-9,12,18-19H,5-7,10-11H2,1-4H3. The number of hydrogen-bond acceptors (Lipinski definition) is 4. The summed E-state index contributed by atoms with van der Waals surface area (Å²) in [6, 6.07) is 4.15. The Hall–Kier alpha value is -1.26. The Morgan fingerprint density at radius 2 is 2.10 bits per heavy atom. The largest absolute Gasteiger partial charge is 0.496 e. The van der Waals surface area contributed by atoms with Gasteiger partial charge in [0.25, 0.3) is 0 Å². The second kappa shape index (κ2) is 6.67. The molecule has 2 N–H and O–H groups in total. The quantitative estimate of drug-likeness (QED) is 0.811. The molecule has 21 heavy (non-hydrogen) atoms. The molecule has 0 bridgehead atoms.